The first-order chi connectivity index (χ1) is 13.2. The summed E-state index contributed by atoms with van der Waals surface area (Å²) in [5.74, 6) is 1.23. The maximum atomic E-state index is 13.1. The van der Waals surface area contributed by atoms with Gasteiger partial charge >= 0.3 is 0 Å². The molecule has 0 bridgehead atoms. The van der Waals surface area contributed by atoms with Crippen LogP contribution in [0.2, 0.25) is 0 Å². The van der Waals surface area contributed by atoms with Crippen molar-refractivity contribution in [3.8, 4) is 11.5 Å². The monoisotopic (exact) mass is 373 g/mol. The van der Waals surface area contributed by atoms with Crippen LogP contribution in [-0.2, 0) is 13.2 Å². The lowest BCUT2D eigenvalue weighted by Crippen LogP contribution is -2.15. The number of unbranched alkanes of at least 4 members (excludes halogenated alkanes) is 5. The quantitative estimate of drug-likeness (QED) is 0.446. The van der Waals surface area contributed by atoms with Crippen molar-refractivity contribution >= 4 is 0 Å². The highest BCUT2D eigenvalue weighted by atomic mass is 19.1. The van der Waals surface area contributed by atoms with Gasteiger partial charge in [-0.25, -0.2) is 4.39 Å². The molecule has 2 aromatic rings. The molecule has 0 aliphatic heterocycles. The van der Waals surface area contributed by atoms with Crippen LogP contribution < -0.4 is 14.8 Å². The molecular weight excluding hydrogens is 341 g/mol. The SMILES string of the molecule is CCCCCCCCNCc1cccc(OC)c1OCc1ccc(F)cc1. The number of halogens is 1. The van der Waals surface area contributed by atoms with E-state index in [2.05, 4.69) is 18.3 Å². The van der Waals surface area contributed by atoms with Crippen molar-refractivity contribution in [3.63, 3.8) is 0 Å². The Bertz CT molecular complexity index is 658. The summed E-state index contributed by atoms with van der Waals surface area (Å²) >= 11 is 0. The van der Waals surface area contributed by atoms with Crippen LogP contribution in [0.15, 0.2) is 42.5 Å². The van der Waals surface area contributed by atoms with Crippen LogP contribution in [0.1, 0.15) is 56.6 Å². The summed E-state index contributed by atoms with van der Waals surface area (Å²) in [5.41, 5.74) is 2.00. The molecule has 0 fully saturated rings. The molecule has 2 aromatic carbocycles. The first-order valence-corrected chi connectivity index (χ1v) is 9.98. The van der Waals surface area contributed by atoms with E-state index < -0.39 is 0 Å². The van der Waals surface area contributed by atoms with Gasteiger partial charge in [0.25, 0.3) is 0 Å². The molecule has 0 saturated heterocycles. The van der Waals surface area contributed by atoms with E-state index in [-0.39, 0.29) is 5.82 Å². The smallest absolute Gasteiger partial charge is 0.166 e. The summed E-state index contributed by atoms with van der Waals surface area (Å²) in [7, 11) is 1.65. The highest BCUT2D eigenvalue weighted by Crippen LogP contribution is 2.31. The molecule has 0 unspecified atom stereocenters. The van der Waals surface area contributed by atoms with Gasteiger partial charge in [-0.3, -0.25) is 0 Å². The lowest BCUT2D eigenvalue weighted by atomic mass is 10.1. The fraction of sp³-hybridized carbons (Fsp3) is 0.478. The van der Waals surface area contributed by atoms with Gasteiger partial charge < -0.3 is 14.8 Å². The van der Waals surface area contributed by atoms with Crippen molar-refractivity contribution in [1.29, 1.82) is 0 Å². The van der Waals surface area contributed by atoms with Crippen molar-refractivity contribution < 1.29 is 13.9 Å². The summed E-state index contributed by atoms with van der Waals surface area (Å²) in [6.07, 6.45) is 7.76. The van der Waals surface area contributed by atoms with Crippen LogP contribution in [0.4, 0.5) is 4.39 Å². The number of benzene rings is 2. The molecule has 0 aromatic heterocycles. The summed E-state index contributed by atoms with van der Waals surface area (Å²) in [5, 5.41) is 3.50. The number of ether oxygens (including phenoxy) is 2. The third-order valence-corrected chi connectivity index (χ3v) is 4.60. The molecule has 0 radical (unpaired) electrons. The molecule has 27 heavy (non-hydrogen) atoms. The lowest BCUT2D eigenvalue weighted by Gasteiger charge is -2.16. The fourth-order valence-electron chi connectivity index (χ4n) is 3.01. The van der Waals surface area contributed by atoms with E-state index in [1.54, 1.807) is 19.2 Å². The zero-order chi connectivity index (χ0) is 19.3. The van der Waals surface area contributed by atoms with E-state index in [1.165, 1.54) is 50.7 Å². The zero-order valence-electron chi connectivity index (χ0n) is 16.6. The van der Waals surface area contributed by atoms with Gasteiger partial charge in [0.15, 0.2) is 11.5 Å². The molecule has 0 heterocycles. The van der Waals surface area contributed by atoms with Gasteiger partial charge in [0.2, 0.25) is 0 Å². The van der Waals surface area contributed by atoms with Crippen LogP contribution in [0.25, 0.3) is 0 Å². The average molecular weight is 374 g/mol. The van der Waals surface area contributed by atoms with E-state index in [1.807, 2.05) is 12.1 Å². The first kappa shape index (κ1) is 21.2. The van der Waals surface area contributed by atoms with Crippen LogP contribution in [-0.4, -0.2) is 13.7 Å². The van der Waals surface area contributed by atoms with E-state index in [4.69, 9.17) is 9.47 Å². The zero-order valence-corrected chi connectivity index (χ0v) is 16.6. The second-order valence-electron chi connectivity index (χ2n) is 6.81. The Morgan fingerprint density at radius 3 is 2.41 bits per heavy atom. The van der Waals surface area contributed by atoms with Crippen molar-refractivity contribution in [2.45, 2.75) is 58.6 Å². The number of para-hydroxylation sites is 1. The van der Waals surface area contributed by atoms with Crippen molar-refractivity contribution in [2.24, 2.45) is 0 Å². The summed E-state index contributed by atoms with van der Waals surface area (Å²) < 4.78 is 24.5. The van der Waals surface area contributed by atoms with Gasteiger partial charge in [0.1, 0.15) is 12.4 Å². The average Bonchev–Trinajstić information content (AvgIpc) is 2.69. The van der Waals surface area contributed by atoms with Crippen molar-refractivity contribution in [3.05, 3.63) is 59.4 Å². The van der Waals surface area contributed by atoms with Gasteiger partial charge in [-0.1, -0.05) is 63.3 Å². The van der Waals surface area contributed by atoms with Gasteiger partial charge in [0, 0.05) is 12.1 Å². The normalized spacial score (nSPS) is 10.8. The van der Waals surface area contributed by atoms with E-state index in [0.29, 0.717) is 6.61 Å². The summed E-state index contributed by atoms with van der Waals surface area (Å²) in [6.45, 7) is 4.36. The van der Waals surface area contributed by atoms with Gasteiger partial charge in [0.05, 0.1) is 7.11 Å². The molecule has 0 spiro atoms. The highest BCUT2D eigenvalue weighted by molar-refractivity contribution is 5.46. The third-order valence-electron chi connectivity index (χ3n) is 4.60. The Kier molecular flexibility index (Phi) is 9.70. The Labute approximate surface area is 162 Å². The molecule has 0 amide bonds. The molecule has 0 aliphatic carbocycles. The topological polar surface area (TPSA) is 30.5 Å². The predicted octanol–water partition coefficient (Wildman–Crippen LogP) is 5.86. The number of hydrogen-bond donors (Lipinski definition) is 1. The van der Waals surface area contributed by atoms with E-state index >= 15 is 0 Å². The van der Waals surface area contributed by atoms with Crippen LogP contribution >= 0.6 is 0 Å². The molecule has 0 atom stereocenters. The van der Waals surface area contributed by atoms with Gasteiger partial charge in [-0.15, -0.1) is 0 Å². The Morgan fingerprint density at radius 2 is 1.67 bits per heavy atom. The maximum absolute atomic E-state index is 13.1. The second-order valence-corrected chi connectivity index (χ2v) is 6.81. The molecule has 148 valence electrons. The van der Waals surface area contributed by atoms with Crippen LogP contribution in [0, 0.1) is 5.82 Å². The van der Waals surface area contributed by atoms with Crippen molar-refractivity contribution in [1.82, 2.24) is 5.32 Å². The minimum Gasteiger partial charge on any atom is -0.493 e. The molecule has 0 aliphatic rings. The van der Waals surface area contributed by atoms with E-state index in [9.17, 15) is 4.39 Å². The predicted molar refractivity (Wildman–Crippen MR) is 109 cm³/mol. The standard InChI is InChI=1S/C23H32FNO2/c1-3-4-5-6-7-8-16-25-17-20-10-9-11-22(26-2)23(20)27-18-19-12-14-21(24)15-13-19/h9-15,25H,3-8,16-18H2,1-2H3. The first-order valence-electron chi connectivity index (χ1n) is 9.98. The minimum atomic E-state index is -0.240. The Morgan fingerprint density at radius 1 is 0.926 bits per heavy atom. The molecule has 0 saturated carbocycles. The second kappa shape index (κ2) is 12.3. The maximum Gasteiger partial charge on any atom is 0.166 e. The molecule has 4 heteroatoms. The highest BCUT2D eigenvalue weighted by Gasteiger charge is 2.11. The minimum absolute atomic E-state index is 0.240. The fourth-order valence-corrected chi connectivity index (χ4v) is 3.01. The number of hydrogen-bond acceptors (Lipinski definition) is 3. The number of methoxy groups -OCH3 is 1. The Hall–Kier alpha value is -2.07. The van der Waals surface area contributed by atoms with E-state index in [0.717, 1.165) is 35.7 Å². The summed E-state index contributed by atoms with van der Waals surface area (Å²) in [4.78, 5) is 0. The largest absolute Gasteiger partial charge is 0.493 e. The third kappa shape index (κ3) is 7.59. The van der Waals surface area contributed by atoms with Gasteiger partial charge in [-0.2, -0.15) is 0 Å². The van der Waals surface area contributed by atoms with Crippen molar-refractivity contribution in [2.75, 3.05) is 13.7 Å². The number of rotatable bonds is 13. The molecular formula is C23H32FNO2. The molecule has 3 nitrogen and oxygen atoms in total. The Balaban J connectivity index is 1.85. The molecule has 1 N–H and O–H groups in total. The van der Waals surface area contributed by atoms with Gasteiger partial charge in [-0.05, 0) is 36.7 Å². The van der Waals surface area contributed by atoms with Crippen LogP contribution in [0.5, 0.6) is 11.5 Å². The lowest BCUT2D eigenvalue weighted by molar-refractivity contribution is 0.280. The summed E-state index contributed by atoms with van der Waals surface area (Å²) in [6, 6.07) is 12.3. The van der Waals surface area contributed by atoms with Crippen LogP contribution in [0.3, 0.4) is 0 Å². The molecule has 2 rings (SSSR count). The number of nitrogens with one attached hydrogen (secondary N) is 1.